The van der Waals surface area contributed by atoms with Gasteiger partial charge in [-0.05, 0) is 42.5 Å². The second-order valence-electron chi connectivity index (χ2n) is 5.80. The Morgan fingerprint density at radius 3 is 2.96 bits per heavy atom. The molecule has 0 fully saturated rings. The summed E-state index contributed by atoms with van der Waals surface area (Å²) in [6, 6.07) is 9.94. The predicted octanol–water partition coefficient (Wildman–Crippen LogP) is 4.67. The van der Waals surface area contributed by atoms with E-state index in [1.165, 1.54) is 11.8 Å². The highest BCUT2D eigenvalue weighted by Gasteiger charge is 2.13. The summed E-state index contributed by atoms with van der Waals surface area (Å²) >= 11 is 2.91. The highest BCUT2D eigenvalue weighted by Crippen LogP contribution is 2.26. The van der Waals surface area contributed by atoms with Gasteiger partial charge < -0.3 is 13.7 Å². The molecule has 0 radical (unpaired) electrons. The van der Waals surface area contributed by atoms with E-state index in [0.29, 0.717) is 28.6 Å². The van der Waals surface area contributed by atoms with E-state index in [9.17, 15) is 0 Å². The van der Waals surface area contributed by atoms with E-state index in [0.717, 1.165) is 21.8 Å². The van der Waals surface area contributed by atoms with Gasteiger partial charge in [-0.25, -0.2) is 0 Å². The number of hydrogen-bond donors (Lipinski definition) is 0. The molecule has 0 atom stereocenters. The van der Waals surface area contributed by atoms with Crippen LogP contribution >= 0.6 is 23.1 Å². The summed E-state index contributed by atoms with van der Waals surface area (Å²) in [6.07, 6.45) is 0. The Morgan fingerprint density at radius 1 is 1.19 bits per heavy atom. The first kappa shape index (κ1) is 17.7. The minimum absolute atomic E-state index is 0.225. The minimum atomic E-state index is 0.225. The van der Waals surface area contributed by atoms with Crippen LogP contribution < -0.4 is 4.74 Å². The number of thioether (sulfide) groups is 1. The van der Waals surface area contributed by atoms with Gasteiger partial charge in [0.2, 0.25) is 0 Å². The summed E-state index contributed by atoms with van der Waals surface area (Å²) in [7, 11) is 0. The van der Waals surface area contributed by atoms with Crippen LogP contribution in [0, 0.1) is 13.8 Å². The van der Waals surface area contributed by atoms with E-state index in [2.05, 4.69) is 20.3 Å². The Balaban J connectivity index is 1.32. The highest BCUT2D eigenvalue weighted by atomic mass is 32.2. The van der Waals surface area contributed by atoms with Gasteiger partial charge in [-0.3, -0.25) is 0 Å². The number of ether oxygens (including phenoxy) is 1. The lowest BCUT2D eigenvalue weighted by Gasteiger charge is -2.07. The predicted molar refractivity (Wildman–Crippen MR) is 102 cm³/mol. The van der Waals surface area contributed by atoms with Gasteiger partial charge in [-0.1, -0.05) is 35.1 Å². The maximum atomic E-state index is 5.78. The Kier molecular flexibility index (Phi) is 5.21. The summed E-state index contributed by atoms with van der Waals surface area (Å²) in [5.41, 5.74) is 2.20. The van der Waals surface area contributed by atoms with E-state index in [-0.39, 0.29) is 6.61 Å². The molecule has 0 aliphatic carbocycles. The quantitative estimate of drug-likeness (QED) is 0.414. The van der Waals surface area contributed by atoms with Crippen LogP contribution in [-0.4, -0.2) is 20.3 Å². The van der Waals surface area contributed by atoms with Gasteiger partial charge in [0.15, 0.2) is 12.4 Å². The summed E-state index contributed by atoms with van der Waals surface area (Å²) < 4.78 is 16.6. The highest BCUT2D eigenvalue weighted by molar-refractivity contribution is 7.98. The van der Waals surface area contributed by atoms with Crippen molar-refractivity contribution in [2.45, 2.75) is 31.4 Å². The second-order valence-corrected chi connectivity index (χ2v) is 7.68. The molecule has 0 saturated heterocycles. The SMILES string of the molecule is Cc1ccc(C)c(OCc2nnc(SCc3noc(-c4cccs4)n3)o2)c1. The van der Waals surface area contributed by atoms with Gasteiger partial charge in [0.05, 0.1) is 10.6 Å². The van der Waals surface area contributed by atoms with Crippen LogP contribution in [0.3, 0.4) is 0 Å². The fourth-order valence-electron chi connectivity index (χ4n) is 2.30. The molecular weight excluding hydrogens is 384 g/mol. The van der Waals surface area contributed by atoms with Gasteiger partial charge in [-0.2, -0.15) is 4.98 Å². The molecule has 0 aliphatic heterocycles. The monoisotopic (exact) mass is 400 g/mol. The smallest absolute Gasteiger partial charge is 0.277 e. The number of benzene rings is 1. The number of hydrogen-bond acceptors (Lipinski definition) is 9. The molecule has 9 heteroatoms. The molecule has 4 rings (SSSR count). The molecule has 0 aliphatic rings. The molecule has 27 heavy (non-hydrogen) atoms. The first-order valence-corrected chi connectivity index (χ1v) is 10.1. The van der Waals surface area contributed by atoms with E-state index >= 15 is 0 Å². The fourth-order valence-corrected chi connectivity index (χ4v) is 3.56. The molecule has 0 saturated carbocycles. The number of nitrogens with zero attached hydrogens (tertiary/aromatic N) is 4. The van der Waals surface area contributed by atoms with Crippen molar-refractivity contribution in [2.75, 3.05) is 0 Å². The Morgan fingerprint density at radius 2 is 2.11 bits per heavy atom. The molecule has 3 aromatic heterocycles. The summed E-state index contributed by atoms with van der Waals surface area (Å²) in [5.74, 6) is 2.82. The van der Waals surface area contributed by atoms with Crippen LogP contribution in [0.15, 0.2) is 49.9 Å². The fraction of sp³-hybridized carbons (Fsp3) is 0.222. The van der Waals surface area contributed by atoms with Gasteiger partial charge in [0.25, 0.3) is 17.0 Å². The van der Waals surface area contributed by atoms with Crippen LogP contribution in [0.5, 0.6) is 5.75 Å². The van der Waals surface area contributed by atoms with Crippen molar-refractivity contribution in [1.82, 2.24) is 20.3 Å². The van der Waals surface area contributed by atoms with Crippen molar-refractivity contribution in [1.29, 1.82) is 0 Å². The third kappa shape index (κ3) is 4.37. The number of thiophene rings is 1. The summed E-state index contributed by atoms with van der Waals surface area (Å²) in [4.78, 5) is 5.31. The molecule has 0 amide bonds. The standard InChI is InChI=1S/C18H16N4O3S2/c1-11-5-6-12(2)13(8-11)23-9-16-20-21-18(24-16)27-10-15-19-17(25-22-15)14-4-3-7-26-14/h3-8H,9-10H2,1-2H3. The van der Waals surface area contributed by atoms with E-state index < -0.39 is 0 Å². The number of aryl methyl sites for hydroxylation is 2. The van der Waals surface area contributed by atoms with Crippen LogP contribution in [0.2, 0.25) is 0 Å². The van der Waals surface area contributed by atoms with Crippen molar-refractivity contribution in [3.8, 4) is 16.5 Å². The maximum Gasteiger partial charge on any atom is 0.277 e. The van der Waals surface area contributed by atoms with Gasteiger partial charge in [-0.15, -0.1) is 21.5 Å². The molecule has 0 unspecified atom stereocenters. The first-order chi connectivity index (χ1) is 13.2. The first-order valence-electron chi connectivity index (χ1n) is 8.19. The zero-order valence-corrected chi connectivity index (χ0v) is 16.3. The zero-order valence-electron chi connectivity index (χ0n) is 14.7. The molecule has 3 heterocycles. The van der Waals surface area contributed by atoms with Crippen LogP contribution in [-0.2, 0) is 12.4 Å². The van der Waals surface area contributed by atoms with Crippen molar-refractivity contribution in [3.63, 3.8) is 0 Å². The lowest BCUT2D eigenvalue weighted by atomic mass is 10.1. The molecule has 0 N–H and O–H groups in total. The molecule has 0 bridgehead atoms. The summed E-state index contributed by atoms with van der Waals surface area (Å²) in [6.45, 7) is 4.25. The molecule has 1 aromatic carbocycles. The zero-order chi connectivity index (χ0) is 18.6. The third-order valence-electron chi connectivity index (χ3n) is 3.67. The van der Waals surface area contributed by atoms with Crippen LogP contribution in [0.4, 0.5) is 0 Å². The van der Waals surface area contributed by atoms with Crippen molar-refractivity contribution in [3.05, 3.63) is 58.6 Å². The molecular formula is C18H16N4O3S2. The largest absolute Gasteiger partial charge is 0.484 e. The van der Waals surface area contributed by atoms with Crippen molar-refractivity contribution in [2.24, 2.45) is 0 Å². The van der Waals surface area contributed by atoms with Crippen LogP contribution in [0.1, 0.15) is 22.8 Å². The minimum Gasteiger partial charge on any atom is -0.484 e. The number of rotatable bonds is 7. The van der Waals surface area contributed by atoms with Crippen molar-refractivity contribution < 1.29 is 13.7 Å². The van der Waals surface area contributed by atoms with E-state index in [4.69, 9.17) is 13.7 Å². The Bertz CT molecular complexity index is 1030. The lowest BCUT2D eigenvalue weighted by molar-refractivity contribution is 0.250. The topological polar surface area (TPSA) is 87.1 Å². The molecule has 7 nitrogen and oxygen atoms in total. The average molecular weight is 400 g/mol. The Hall–Kier alpha value is -2.65. The molecule has 4 aromatic rings. The number of aromatic nitrogens is 4. The van der Waals surface area contributed by atoms with Crippen molar-refractivity contribution >= 4 is 23.1 Å². The third-order valence-corrected chi connectivity index (χ3v) is 5.34. The van der Waals surface area contributed by atoms with E-state index in [1.54, 1.807) is 11.3 Å². The molecule has 0 spiro atoms. The van der Waals surface area contributed by atoms with Gasteiger partial charge >= 0.3 is 0 Å². The average Bonchev–Trinajstić information content (AvgIpc) is 3.41. The lowest BCUT2D eigenvalue weighted by Crippen LogP contribution is -1.97. The van der Waals surface area contributed by atoms with Crippen LogP contribution in [0.25, 0.3) is 10.8 Å². The maximum absolute atomic E-state index is 5.78. The molecule has 138 valence electrons. The summed E-state index contributed by atoms with van der Waals surface area (Å²) in [5, 5.41) is 14.4. The van der Waals surface area contributed by atoms with E-state index in [1.807, 2.05) is 49.6 Å². The second kappa shape index (κ2) is 7.93. The normalized spacial score (nSPS) is 11.0. The Labute approximate surface area is 163 Å². The van der Waals surface area contributed by atoms with Gasteiger partial charge in [0, 0.05) is 0 Å². The van der Waals surface area contributed by atoms with Gasteiger partial charge in [0.1, 0.15) is 5.75 Å².